The fourth-order valence-electron chi connectivity index (χ4n) is 5.20. The Morgan fingerprint density at radius 1 is 1.09 bits per heavy atom. The maximum Gasteiger partial charge on any atom is 0.223 e. The van der Waals surface area contributed by atoms with Crippen LogP contribution in [0.2, 0.25) is 0 Å². The van der Waals surface area contributed by atoms with Crippen LogP contribution in [0.25, 0.3) is 11.0 Å². The highest BCUT2D eigenvalue weighted by Gasteiger charge is 2.58. The monoisotopic (exact) mass is 430 g/mol. The minimum atomic E-state index is 0.172. The van der Waals surface area contributed by atoms with Crippen LogP contribution in [-0.4, -0.2) is 47.5 Å². The molecule has 166 valence electrons. The van der Waals surface area contributed by atoms with Gasteiger partial charge in [0.05, 0.1) is 18.1 Å². The van der Waals surface area contributed by atoms with E-state index in [1.807, 2.05) is 24.3 Å². The van der Waals surface area contributed by atoms with Crippen LogP contribution in [0.5, 0.6) is 5.75 Å². The highest BCUT2D eigenvalue weighted by Crippen LogP contribution is 2.59. The predicted octanol–water partition coefficient (Wildman–Crippen LogP) is 3.60. The van der Waals surface area contributed by atoms with Gasteiger partial charge in [0.15, 0.2) is 0 Å². The Kier molecular flexibility index (Phi) is 5.79. The van der Waals surface area contributed by atoms with Gasteiger partial charge in [-0.15, -0.1) is 0 Å². The first-order valence-corrected chi connectivity index (χ1v) is 11.5. The molecule has 6 heteroatoms. The molecule has 2 heterocycles. The summed E-state index contributed by atoms with van der Waals surface area (Å²) in [6.45, 7) is 3.60. The molecular weight excluding hydrogens is 400 g/mol. The molecule has 5 rings (SSSR count). The summed E-state index contributed by atoms with van der Waals surface area (Å²) in [5, 5.41) is 3.16. The second kappa shape index (κ2) is 8.87. The standard InChI is InChI=1S/C26H30N4O2/c1-32-23-8-3-2-5-19(23)9-12-29-25(31)21-17-26(21)10-15-30(16-11-26)18-20-6-4-7-22-24(20)28-14-13-27-22/h2-8,13-14,21H,9-12,15-18H2,1H3,(H,29,31). The van der Waals surface area contributed by atoms with Gasteiger partial charge in [0, 0.05) is 31.4 Å². The number of hydrogen-bond acceptors (Lipinski definition) is 5. The van der Waals surface area contributed by atoms with Crippen molar-refractivity contribution in [3.8, 4) is 5.75 Å². The molecule has 1 atom stereocenters. The number of ether oxygens (including phenoxy) is 1. The molecule has 1 aliphatic heterocycles. The van der Waals surface area contributed by atoms with Gasteiger partial charge in [0.1, 0.15) is 5.75 Å². The van der Waals surface area contributed by atoms with E-state index >= 15 is 0 Å². The van der Waals surface area contributed by atoms with Gasteiger partial charge in [-0.1, -0.05) is 30.3 Å². The van der Waals surface area contributed by atoms with Crippen LogP contribution in [-0.2, 0) is 17.8 Å². The number of likely N-dealkylation sites (tertiary alicyclic amines) is 1. The molecule has 1 spiro atoms. The lowest BCUT2D eigenvalue weighted by Crippen LogP contribution is -2.37. The van der Waals surface area contributed by atoms with E-state index in [-0.39, 0.29) is 17.2 Å². The number of methoxy groups -OCH3 is 1. The molecule has 1 aliphatic carbocycles. The molecule has 1 saturated carbocycles. The summed E-state index contributed by atoms with van der Waals surface area (Å²) in [6.07, 6.45) is 7.50. The maximum atomic E-state index is 12.8. The summed E-state index contributed by atoms with van der Waals surface area (Å²) >= 11 is 0. The molecule has 2 aliphatic rings. The lowest BCUT2D eigenvalue weighted by atomic mass is 9.90. The van der Waals surface area contributed by atoms with E-state index in [0.29, 0.717) is 6.54 Å². The van der Waals surface area contributed by atoms with Crippen molar-refractivity contribution < 1.29 is 9.53 Å². The molecule has 2 fully saturated rings. The van der Waals surface area contributed by atoms with Crippen molar-refractivity contribution in [2.75, 3.05) is 26.7 Å². The number of fused-ring (bicyclic) bond motifs is 1. The third-order valence-electron chi connectivity index (χ3n) is 7.22. The van der Waals surface area contributed by atoms with Crippen molar-refractivity contribution in [3.05, 3.63) is 66.0 Å². The summed E-state index contributed by atoms with van der Waals surface area (Å²) in [5.41, 5.74) is 4.52. The first kappa shape index (κ1) is 20.9. The van der Waals surface area contributed by atoms with Crippen molar-refractivity contribution in [3.63, 3.8) is 0 Å². The van der Waals surface area contributed by atoms with Crippen LogP contribution >= 0.6 is 0 Å². The van der Waals surface area contributed by atoms with Crippen molar-refractivity contribution in [1.29, 1.82) is 0 Å². The quantitative estimate of drug-likeness (QED) is 0.620. The molecule has 0 radical (unpaired) electrons. The van der Waals surface area contributed by atoms with Crippen LogP contribution in [0.3, 0.4) is 0 Å². The molecule has 1 amide bonds. The number of aromatic nitrogens is 2. The highest BCUT2D eigenvalue weighted by molar-refractivity contribution is 5.82. The number of nitrogens with zero attached hydrogens (tertiary/aromatic N) is 3. The first-order chi connectivity index (χ1) is 15.7. The molecule has 1 saturated heterocycles. The number of carbonyl (C=O) groups is 1. The number of hydrogen-bond donors (Lipinski definition) is 1. The van der Waals surface area contributed by atoms with E-state index in [2.05, 4.69) is 38.4 Å². The SMILES string of the molecule is COc1ccccc1CCNC(=O)C1CC12CCN(Cc1cccc3nccnc13)CC2. The Bertz CT molecular complexity index is 1100. The summed E-state index contributed by atoms with van der Waals surface area (Å²) < 4.78 is 5.40. The normalized spacial score (nSPS) is 19.7. The Morgan fingerprint density at radius 2 is 1.88 bits per heavy atom. The number of benzene rings is 2. The average molecular weight is 431 g/mol. The van der Waals surface area contributed by atoms with Crippen LogP contribution in [0.15, 0.2) is 54.9 Å². The Morgan fingerprint density at radius 3 is 2.72 bits per heavy atom. The van der Waals surface area contributed by atoms with Gasteiger partial charge >= 0.3 is 0 Å². The second-order valence-corrected chi connectivity index (χ2v) is 9.09. The van der Waals surface area contributed by atoms with Gasteiger partial charge in [0.2, 0.25) is 5.91 Å². The number of rotatable bonds is 7. The Hall–Kier alpha value is -2.99. The fourth-order valence-corrected chi connectivity index (χ4v) is 5.20. The molecule has 1 unspecified atom stereocenters. The van der Waals surface area contributed by atoms with Crippen molar-refractivity contribution >= 4 is 16.9 Å². The molecule has 1 N–H and O–H groups in total. The van der Waals surface area contributed by atoms with E-state index in [4.69, 9.17) is 4.74 Å². The highest BCUT2D eigenvalue weighted by atomic mass is 16.5. The Labute approximate surface area is 189 Å². The van der Waals surface area contributed by atoms with Crippen molar-refractivity contribution in [1.82, 2.24) is 20.2 Å². The van der Waals surface area contributed by atoms with Crippen molar-refractivity contribution in [2.45, 2.75) is 32.2 Å². The number of carbonyl (C=O) groups excluding carboxylic acids is 1. The van der Waals surface area contributed by atoms with Gasteiger partial charge in [0.25, 0.3) is 0 Å². The molecule has 2 aromatic carbocycles. The van der Waals surface area contributed by atoms with E-state index in [1.165, 1.54) is 5.56 Å². The van der Waals surface area contributed by atoms with Crippen LogP contribution in [0.1, 0.15) is 30.4 Å². The summed E-state index contributed by atoms with van der Waals surface area (Å²) in [7, 11) is 1.69. The zero-order valence-corrected chi connectivity index (χ0v) is 18.6. The molecule has 0 bridgehead atoms. The largest absolute Gasteiger partial charge is 0.496 e. The van der Waals surface area contributed by atoms with Gasteiger partial charge in [-0.2, -0.15) is 0 Å². The number of para-hydroxylation sites is 2. The summed E-state index contributed by atoms with van der Waals surface area (Å²) in [5.74, 6) is 1.28. The third kappa shape index (κ3) is 4.19. The van der Waals surface area contributed by atoms with Gasteiger partial charge in [-0.05, 0) is 67.4 Å². The number of nitrogens with one attached hydrogen (secondary N) is 1. The zero-order valence-electron chi connectivity index (χ0n) is 18.6. The van der Waals surface area contributed by atoms with E-state index in [0.717, 1.165) is 67.7 Å². The van der Waals surface area contributed by atoms with Crippen LogP contribution < -0.4 is 10.1 Å². The smallest absolute Gasteiger partial charge is 0.223 e. The second-order valence-electron chi connectivity index (χ2n) is 9.09. The van der Waals surface area contributed by atoms with Gasteiger partial charge < -0.3 is 10.1 Å². The first-order valence-electron chi connectivity index (χ1n) is 11.5. The summed E-state index contributed by atoms with van der Waals surface area (Å²) in [4.78, 5) is 24.2. The zero-order chi connectivity index (χ0) is 22.0. The van der Waals surface area contributed by atoms with Crippen LogP contribution in [0, 0.1) is 11.3 Å². The van der Waals surface area contributed by atoms with E-state index in [9.17, 15) is 4.79 Å². The molecular formula is C26H30N4O2. The van der Waals surface area contributed by atoms with Crippen molar-refractivity contribution in [2.24, 2.45) is 11.3 Å². The van der Waals surface area contributed by atoms with Gasteiger partial charge in [-0.25, -0.2) is 0 Å². The number of piperidine rings is 1. The lowest BCUT2D eigenvalue weighted by Gasteiger charge is -2.33. The molecule has 32 heavy (non-hydrogen) atoms. The van der Waals surface area contributed by atoms with E-state index < -0.39 is 0 Å². The van der Waals surface area contributed by atoms with Crippen LogP contribution in [0.4, 0.5) is 0 Å². The fraction of sp³-hybridized carbons (Fsp3) is 0.423. The molecule has 3 aromatic rings. The lowest BCUT2D eigenvalue weighted by molar-refractivity contribution is -0.123. The van der Waals surface area contributed by atoms with Gasteiger partial charge in [-0.3, -0.25) is 19.7 Å². The maximum absolute atomic E-state index is 12.8. The number of amides is 1. The Balaban J connectivity index is 1.11. The summed E-state index contributed by atoms with van der Waals surface area (Å²) in [6, 6.07) is 14.2. The molecule has 6 nitrogen and oxygen atoms in total. The minimum absolute atomic E-state index is 0.172. The predicted molar refractivity (Wildman–Crippen MR) is 124 cm³/mol. The minimum Gasteiger partial charge on any atom is -0.496 e. The molecule has 1 aromatic heterocycles. The average Bonchev–Trinajstić information content (AvgIpc) is 3.54. The topological polar surface area (TPSA) is 67.3 Å². The third-order valence-corrected chi connectivity index (χ3v) is 7.22. The van der Waals surface area contributed by atoms with E-state index in [1.54, 1.807) is 19.5 Å².